The topological polar surface area (TPSA) is 82.9 Å². The largest absolute Gasteiger partial charge is 0.345 e. The number of nitrogens with zero attached hydrogens (tertiary/aromatic N) is 2. The van der Waals surface area contributed by atoms with Gasteiger partial charge in [0.25, 0.3) is 0 Å². The highest BCUT2D eigenvalue weighted by atomic mass is 79.9. The van der Waals surface area contributed by atoms with Gasteiger partial charge in [0.15, 0.2) is 0 Å². The lowest BCUT2D eigenvalue weighted by molar-refractivity contribution is -0.118. The number of anilines is 1. The molecule has 1 atom stereocenters. The molecule has 6 nitrogen and oxygen atoms in total. The minimum atomic E-state index is -0.354. The second-order valence-corrected chi connectivity index (χ2v) is 7.40. The molecule has 22 heavy (non-hydrogen) atoms. The molecule has 1 aromatic carbocycles. The molecule has 1 aromatic rings. The van der Waals surface area contributed by atoms with Crippen LogP contribution < -0.4 is 10.6 Å². The Morgan fingerprint density at radius 3 is 2.73 bits per heavy atom. The fraction of sp³-hybridized carbons (Fsp3) is 0.357. The number of amides is 2. The van der Waals surface area contributed by atoms with Crippen LogP contribution in [0.4, 0.5) is 5.69 Å². The lowest BCUT2D eigenvalue weighted by atomic mass is 10.2. The minimum Gasteiger partial charge on any atom is -0.345 e. The van der Waals surface area contributed by atoms with Gasteiger partial charge in [-0.3, -0.25) is 9.59 Å². The Morgan fingerprint density at radius 2 is 2.09 bits per heavy atom. The van der Waals surface area contributed by atoms with Gasteiger partial charge in [-0.15, -0.1) is 4.47 Å². The van der Waals surface area contributed by atoms with E-state index in [1.54, 1.807) is 0 Å². The number of carbonyl (C=O) groups is 2. The van der Waals surface area contributed by atoms with Gasteiger partial charge in [-0.1, -0.05) is 15.9 Å². The lowest BCUT2D eigenvalue weighted by Crippen LogP contribution is -2.14. The first-order valence-corrected chi connectivity index (χ1v) is 9.08. The molecule has 0 aromatic heterocycles. The number of nitrogens with one attached hydrogen (secondary N) is 2. The molecule has 1 unspecified atom stereocenters. The highest BCUT2D eigenvalue weighted by molar-refractivity contribution is 9.10. The molecule has 0 saturated carbocycles. The van der Waals surface area contributed by atoms with Gasteiger partial charge in [0, 0.05) is 22.3 Å². The van der Waals surface area contributed by atoms with Crippen molar-refractivity contribution in [1.29, 1.82) is 0 Å². The SMILES string of the molecule is C/C(CCC(=O)Nc1ccc(Br)cc1)=N\N=S1\CNC(=O)C1. The molecule has 0 spiro atoms. The van der Waals surface area contributed by atoms with E-state index in [1.807, 2.05) is 31.2 Å². The van der Waals surface area contributed by atoms with Crippen molar-refractivity contribution in [1.82, 2.24) is 5.32 Å². The van der Waals surface area contributed by atoms with Gasteiger partial charge in [-0.2, -0.15) is 5.10 Å². The number of hydrogen-bond donors (Lipinski definition) is 2. The normalized spacial score (nSPS) is 18.4. The second kappa shape index (κ2) is 8.19. The number of halogens is 1. The van der Waals surface area contributed by atoms with Crippen molar-refractivity contribution in [2.75, 3.05) is 16.9 Å². The fourth-order valence-electron chi connectivity index (χ4n) is 1.70. The predicted molar refractivity (Wildman–Crippen MR) is 92.8 cm³/mol. The predicted octanol–water partition coefficient (Wildman–Crippen LogP) is 2.43. The zero-order valence-corrected chi connectivity index (χ0v) is 14.5. The number of carbonyl (C=O) groups excluding carboxylic acids is 2. The van der Waals surface area contributed by atoms with Gasteiger partial charge < -0.3 is 10.6 Å². The lowest BCUT2D eigenvalue weighted by Gasteiger charge is -2.04. The molecule has 2 rings (SSSR count). The van der Waals surface area contributed by atoms with E-state index in [0.29, 0.717) is 24.5 Å². The van der Waals surface area contributed by atoms with Crippen LogP contribution in [-0.4, -0.2) is 29.2 Å². The van der Waals surface area contributed by atoms with Gasteiger partial charge in [-0.05, 0) is 48.3 Å². The van der Waals surface area contributed by atoms with Crippen molar-refractivity contribution in [2.45, 2.75) is 19.8 Å². The van der Waals surface area contributed by atoms with Crippen molar-refractivity contribution in [3.63, 3.8) is 0 Å². The average Bonchev–Trinajstić information content (AvgIpc) is 2.91. The zero-order valence-electron chi connectivity index (χ0n) is 12.1. The standard InChI is InChI=1S/C14H17BrN4O2S/c1-10(18-19-22-8-14(21)16-9-22)2-7-13(20)17-12-5-3-11(15)4-6-12/h3-6H,2,7-9H2,1H3,(H,16,21)(H,17,20)/b18-10+. The molecule has 0 bridgehead atoms. The van der Waals surface area contributed by atoms with E-state index in [4.69, 9.17) is 0 Å². The molecule has 1 fully saturated rings. The smallest absolute Gasteiger partial charge is 0.231 e. The highest BCUT2D eigenvalue weighted by Gasteiger charge is 2.14. The first-order valence-electron chi connectivity index (χ1n) is 6.77. The third-order valence-electron chi connectivity index (χ3n) is 2.90. The number of benzene rings is 1. The van der Waals surface area contributed by atoms with Gasteiger partial charge in [0.1, 0.15) is 0 Å². The third-order valence-corrected chi connectivity index (χ3v) is 4.82. The van der Waals surface area contributed by atoms with E-state index in [1.165, 1.54) is 0 Å². The van der Waals surface area contributed by atoms with Gasteiger partial charge in [0.2, 0.25) is 11.8 Å². The summed E-state index contributed by atoms with van der Waals surface area (Å²) in [4.78, 5) is 22.9. The third kappa shape index (κ3) is 5.69. The molecule has 118 valence electrons. The molecule has 2 N–H and O–H groups in total. The summed E-state index contributed by atoms with van der Waals surface area (Å²) >= 11 is 3.35. The summed E-state index contributed by atoms with van der Waals surface area (Å²) in [5.74, 6) is 0.950. The molecule has 8 heteroatoms. The molecule has 2 amide bonds. The van der Waals surface area contributed by atoms with Crippen LogP contribution >= 0.6 is 15.9 Å². The number of rotatable bonds is 5. The van der Waals surface area contributed by atoms with Crippen molar-refractivity contribution < 1.29 is 9.59 Å². The van der Waals surface area contributed by atoms with Crippen LogP contribution in [-0.2, 0) is 20.3 Å². The Bertz CT molecular complexity index is 628. The average molecular weight is 385 g/mol. The van der Waals surface area contributed by atoms with Gasteiger partial charge in [0.05, 0.1) is 11.6 Å². The van der Waals surface area contributed by atoms with Crippen molar-refractivity contribution in [3.05, 3.63) is 28.7 Å². The number of hydrogen-bond acceptors (Lipinski definition) is 3. The van der Waals surface area contributed by atoms with E-state index >= 15 is 0 Å². The van der Waals surface area contributed by atoms with E-state index in [-0.39, 0.29) is 22.5 Å². The van der Waals surface area contributed by atoms with Crippen LogP contribution in [0, 0.1) is 0 Å². The van der Waals surface area contributed by atoms with Crippen LogP contribution in [0.25, 0.3) is 0 Å². The summed E-state index contributed by atoms with van der Waals surface area (Å²) in [7, 11) is -0.354. The van der Waals surface area contributed by atoms with Crippen LogP contribution in [0.1, 0.15) is 19.8 Å². The summed E-state index contributed by atoms with van der Waals surface area (Å²) in [6.07, 6.45) is 0.899. The van der Waals surface area contributed by atoms with E-state index in [0.717, 1.165) is 15.9 Å². The summed E-state index contributed by atoms with van der Waals surface area (Å²) < 4.78 is 5.11. The maximum atomic E-state index is 11.8. The van der Waals surface area contributed by atoms with Crippen molar-refractivity contribution in [2.24, 2.45) is 9.57 Å². The van der Waals surface area contributed by atoms with Crippen LogP contribution in [0.15, 0.2) is 38.3 Å². The Labute approximate surface area is 140 Å². The van der Waals surface area contributed by atoms with E-state index in [9.17, 15) is 9.59 Å². The Kier molecular flexibility index (Phi) is 6.26. The molecule has 0 aliphatic carbocycles. The van der Waals surface area contributed by atoms with E-state index < -0.39 is 0 Å². The molecule has 0 radical (unpaired) electrons. The minimum absolute atomic E-state index is 0.0220. The quantitative estimate of drug-likeness (QED) is 0.603. The molecule has 1 saturated heterocycles. The summed E-state index contributed by atoms with van der Waals surface area (Å²) in [6.45, 7) is 1.84. The first-order chi connectivity index (χ1) is 10.5. The highest BCUT2D eigenvalue weighted by Crippen LogP contribution is 2.14. The monoisotopic (exact) mass is 384 g/mol. The zero-order chi connectivity index (χ0) is 15.9. The Hall–Kier alpha value is -1.54. The summed E-state index contributed by atoms with van der Waals surface area (Å²) in [5, 5.41) is 9.65. The second-order valence-electron chi connectivity index (χ2n) is 4.82. The molecular weight excluding hydrogens is 368 g/mol. The van der Waals surface area contributed by atoms with Crippen molar-refractivity contribution >= 4 is 49.8 Å². The summed E-state index contributed by atoms with van der Waals surface area (Å²) in [6, 6.07) is 7.42. The van der Waals surface area contributed by atoms with Gasteiger partial charge >= 0.3 is 0 Å². The molecular formula is C14H17BrN4O2S. The fourth-order valence-corrected chi connectivity index (χ4v) is 3.17. The Morgan fingerprint density at radius 1 is 1.36 bits per heavy atom. The molecule has 1 aliphatic rings. The van der Waals surface area contributed by atoms with Crippen LogP contribution in [0.5, 0.6) is 0 Å². The van der Waals surface area contributed by atoms with Crippen LogP contribution in [0.3, 0.4) is 0 Å². The van der Waals surface area contributed by atoms with Crippen LogP contribution in [0.2, 0.25) is 0 Å². The maximum absolute atomic E-state index is 11.8. The molecule has 1 heterocycles. The van der Waals surface area contributed by atoms with E-state index in [2.05, 4.69) is 36.1 Å². The first kappa shape index (κ1) is 16.8. The summed E-state index contributed by atoms with van der Waals surface area (Å²) in [5.41, 5.74) is 1.56. The molecule has 1 aliphatic heterocycles. The Balaban J connectivity index is 1.78. The maximum Gasteiger partial charge on any atom is 0.231 e. The van der Waals surface area contributed by atoms with Gasteiger partial charge in [-0.25, -0.2) is 0 Å². The van der Waals surface area contributed by atoms with Crippen molar-refractivity contribution in [3.8, 4) is 0 Å².